The summed E-state index contributed by atoms with van der Waals surface area (Å²) in [5.41, 5.74) is -5.76. The summed E-state index contributed by atoms with van der Waals surface area (Å²) in [7, 11) is 0. The molecule has 0 N–H and O–H groups in total. The average molecular weight is 573 g/mol. The van der Waals surface area contributed by atoms with E-state index >= 15 is 0 Å². The molecule has 9 rings (SSSR count). The predicted molar refractivity (Wildman–Crippen MR) is 183 cm³/mol. The standard InChI is InChI=1S/C42H26O/c1-2-11-28-24-30(21-20-27(28)10-1)29-12-9-13-31(25-29)41-34-15-3-5-17-36(34)42(37-18-6-4-16-35(37)41)32-22-23-40-38(26-32)33-14-7-8-19-39(33)43-40/h1-26H/i1D,2D,3D,4D,5D,6D,7D,8D,9D,10D,11D,12D,13D,14D,15D,16D,17D,18D,19D,20D,21D,22D,23D,24D,25D,26D. The largest absolute Gasteiger partial charge is 0.456 e. The third-order valence-corrected chi connectivity index (χ3v) is 6.89. The molecule has 8 aromatic carbocycles. The van der Waals surface area contributed by atoms with Gasteiger partial charge >= 0.3 is 0 Å². The number of furan rings is 1. The zero-order valence-electron chi connectivity index (χ0n) is 47.4. The minimum absolute atomic E-state index is 0.420. The molecule has 0 unspecified atom stereocenters. The van der Waals surface area contributed by atoms with Gasteiger partial charge in [0.1, 0.15) is 11.2 Å². The van der Waals surface area contributed by atoms with Gasteiger partial charge in [0.25, 0.3) is 0 Å². The van der Waals surface area contributed by atoms with Crippen LogP contribution in [0.4, 0.5) is 0 Å². The van der Waals surface area contributed by atoms with Gasteiger partial charge in [0.15, 0.2) is 0 Å². The minimum Gasteiger partial charge on any atom is -0.456 e. The van der Waals surface area contributed by atoms with E-state index in [-0.39, 0.29) is 0 Å². The topological polar surface area (TPSA) is 13.1 Å². The maximum Gasteiger partial charge on any atom is 0.135 e. The fraction of sp³-hybridized carbons (Fsp3) is 0. The average Bonchev–Trinajstić information content (AvgIpc) is 3.73. The van der Waals surface area contributed by atoms with Crippen LogP contribution >= 0.6 is 0 Å². The molecule has 0 amide bonds. The van der Waals surface area contributed by atoms with Gasteiger partial charge in [0, 0.05) is 10.8 Å². The minimum atomic E-state index is -1.06. The fourth-order valence-corrected chi connectivity index (χ4v) is 5.05. The van der Waals surface area contributed by atoms with E-state index in [1.54, 1.807) is 0 Å². The maximum absolute atomic E-state index is 9.72. The van der Waals surface area contributed by atoms with Gasteiger partial charge in [-0.3, -0.25) is 0 Å². The second kappa shape index (κ2) is 9.44. The lowest BCUT2D eigenvalue weighted by molar-refractivity contribution is 0.669. The first-order chi connectivity index (χ1) is 32.2. The van der Waals surface area contributed by atoms with Gasteiger partial charge in [0.05, 0.1) is 35.6 Å². The Morgan fingerprint density at radius 3 is 1.56 bits per heavy atom. The fourth-order valence-electron chi connectivity index (χ4n) is 5.05. The van der Waals surface area contributed by atoms with Crippen molar-refractivity contribution in [2.24, 2.45) is 0 Å². The first kappa shape index (κ1) is 9.69. The van der Waals surface area contributed by atoms with E-state index in [4.69, 9.17) is 27.7 Å². The molecule has 1 nitrogen and oxygen atoms in total. The number of hydrogen-bond donors (Lipinski definition) is 0. The third-order valence-electron chi connectivity index (χ3n) is 6.89. The Labute approximate surface area is 285 Å². The van der Waals surface area contributed by atoms with Crippen LogP contribution in [-0.2, 0) is 0 Å². The molecule has 1 heteroatoms. The Morgan fingerprint density at radius 2 is 0.837 bits per heavy atom. The van der Waals surface area contributed by atoms with Crippen molar-refractivity contribution in [3.8, 4) is 33.4 Å². The quantitative estimate of drug-likeness (QED) is 0.192. The summed E-state index contributed by atoms with van der Waals surface area (Å²) in [6.45, 7) is 0. The van der Waals surface area contributed by atoms with Gasteiger partial charge in [-0.2, -0.15) is 0 Å². The van der Waals surface area contributed by atoms with Crippen molar-refractivity contribution in [3.63, 3.8) is 0 Å². The number of hydrogen-bond acceptors (Lipinski definition) is 1. The van der Waals surface area contributed by atoms with Crippen LogP contribution in [0.3, 0.4) is 0 Å². The molecule has 1 aromatic heterocycles. The summed E-state index contributed by atoms with van der Waals surface area (Å²) < 4.78 is 238. The summed E-state index contributed by atoms with van der Waals surface area (Å²) in [4.78, 5) is 0. The van der Waals surface area contributed by atoms with Crippen LogP contribution in [0, 0.1) is 0 Å². The van der Waals surface area contributed by atoms with Crippen molar-refractivity contribution in [1.82, 2.24) is 0 Å². The molecule has 0 saturated carbocycles. The maximum atomic E-state index is 9.72. The molecule has 200 valence electrons. The van der Waals surface area contributed by atoms with E-state index < -0.39 is 245 Å². The molecule has 0 radical (unpaired) electrons. The first-order valence-corrected chi connectivity index (χ1v) is 12.7. The number of fused-ring (bicyclic) bond motifs is 6. The van der Waals surface area contributed by atoms with Crippen LogP contribution in [0.5, 0.6) is 0 Å². The lowest BCUT2D eigenvalue weighted by atomic mass is 9.85. The van der Waals surface area contributed by atoms with E-state index in [1.807, 2.05) is 0 Å². The molecule has 0 bridgehead atoms. The Hall–Kier alpha value is -5.66. The summed E-state index contributed by atoms with van der Waals surface area (Å²) in [5.74, 6) is 0. The molecule has 0 aliphatic heterocycles. The predicted octanol–water partition coefficient (Wildman–Crippen LogP) is 12.0. The van der Waals surface area contributed by atoms with E-state index in [2.05, 4.69) is 0 Å². The second-order valence-electron chi connectivity index (χ2n) is 9.26. The van der Waals surface area contributed by atoms with Crippen LogP contribution in [0.15, 0.2) is 162 Å². The van der Waals surface area contributed by atoms with Crippen LogP contribution in [0.1, 0.15) is 35.6 Å². The van der Waals surface area contributed by atoms with Crippen molar-refractivity contribution in [3.05, 3.63) is 157 Å². The smallest absolute Gasteiger partial charge is 0.135 e. The van der Waals surface area contributed by atoms with Gasteiger partial charge in [0.2, 0.25) is 0 Å². The zero-order valence-corrected chi connectivity index (χ0v) is 21.4. The molecule has 0 atom stereocenters. The number of benzene rings is 8. The summed E-state index contributed by atoms with van der Waals surface area (Å²) in [6, 6.07) is -23.6. The number of para-hydroxylation sites is 1. The summed E-state index contributed by atoms with van der Waals surface area (Å²) in [6.07, 6.45) is 0. The van der Waals surface area contributed by atoms with Crippen LogP contribution in [-0.4, -0.2) is 0 Å². The van der Waals surface area contributed by atoms with E-state index in [9.17, 15) is 12.3 Å². The first-order valence-electron chi connectivity index (χ1n) is 25.7. The van der Waals surface area contributed by atoms with Gasteiger partial charge in [-0.1, -0.05) is 127 Å². The highest BCUT2D eigenvalue weighted by Gasteiger charge is 2.18. The summed E-state index contributed by atoms with van der Waals surface area (Å²) in [5, 5.41) is -4.97. The number of rotatable bonds is 3. The second-order valence-corrected chi connectivity index (χ2v) is 9.26. The Morgan fingerprint density at radius 1 is 0.326 bits per heavy atom. The molecular weight excluding hydrogens is 520 g/mol. The molecule has 9 aromatic rings. The van der Waals surface area contributed by atoms with Gasteiger partial charge in [-0.25, -0.2) is 0 Å². The Kier molecular flexibility index (Phi) is 2.13. The van der Waals surface area contributed by atoms with E-state index in [0.29, 0.717) is 0 Å². The third kappa shape index (κ3) is 3.79. The highest BCUT2D eigenvalue weighted by Crippen LogP contribution is 2.45. The van der Waals surface area contributed by atoms with Gasteiger partial charge < -0.3 is 4.42 Å². The normalized spacial score (nSPS) is 20.2. The van der Waals surface area contributed by atoms with E-state index in [0.717, 1.165) is 0 Å². The van der Waals surface area contributed by atoms with Gasteiger partial charge in [-0.05, 0) is 95.9 Å². The van der Waals surface area contributed by atoms with Crippen LogP contribution < -0.4 is 0 Å². The van der Waals surface area contributed by atoms with Gasteiger partial charge in [-0.15, -0.1) is 0 Å². The zero-order chi connectivity index (χ0) is 51.0. The molecule has 0 aliphatic rings. The highest BCUT2D eigenvalue weighted by atomic mass is 16.3. The molecule has 0 fully saturated rings. The van der Waals surface area contributed by atoms with Crippen LogP contribution in [0.2, 0.25) is 0 Å². The monoisotopic (exact) mass is 572 g/mol. The van der Waals surface area contributed by atoms with Crippen LogP contribution in [0.25, 0.3) is 87.6 Å². The Balaban J connectivity index is 1.59. The Bertz CT molecular complexity index is 3890. The highest BCUT2D eigenvalue weighted by molar-refractivity contribution is 6.22. The molecule has 1 heterocycles. The van der Waals surface area contributed by atoms with Crippen molar-refractivity contribution in [2.75, 3.05) is 0 Å². The lowest BCUT2D eigenvalue weighted by Crippen LogP contribution is -1.91. The van der Waals surface area contributed by atoms with Crippen molar-refractivity contribution < 1.29 is 40.1 Å². The molecule has 0 aliphatic carbocycles. The van der Waals surface area contributed by atoms with Crippen molar-refractivity contribution >= 4 is 54.3 Å². The molecule has 0 spiro atoms. The molecule has 43 heavy (non-hydrogen) atoms. The molecular formula is C42H26O. The van der Waals surface area contributed by atoms with Crippen molar-refractivity contribution in [2.45, 2.75) is 0 Å². The van der Waals surface area contributed by atoms with Crippen molar-refractivity contribution in [1.29, 1.82) is 0 Å². The lowest BCUT2D eigenvalue weighted by Gasteiger charge is -2.18. The molecule has 0 saturated heterocycles. The van der Waals surface area contributed by atoms with E-state index in [1.165, 1.54) is 0 Å². The SMILES string of the molecule is [2H]c1c([2H])c(-c2c([2H])c([2H])c3c([2H])c([2H])c([2H])c([2H])c3c2[2H])c([2H])c(-c2c3c([2H])c([2H])c([2H])c([2H])c3c(-c3c([2H])c([2H])c4oc5c([2H])c([2H])c([2H])c([2H])c5c4c3[2H])c3c([2H])c([2H])c([2H])c([2H])c23)c1[2H]. The summed E-state index contributed by atoms with van der Waals surface area (Å²) >= 11 is 0.